The summed E-state index contributed by atoms with van der Waals surface area (Å²) in [5.41, 5.74) is 18.5. The Morgan fingerprint density at radius 3 is 1.11 bits per heavy atom. The highest BCUT2D eigenvalue weighted by Crippen LogP contribution is 2.35. The van der Waals surface area contributed by atoms with Crippen molar-refractivity contribution >= 4 is 0 Å². The number of rotatable bonds is 6. The molecule has 0 spiro atoms. The van der Waals surface area contributed by atoms with E-state index in [0.717, 1.165) is 11.3 Å². The molecular formula is C54H45N3. The highest BCUT2D eigenvalue weighted by molar-refractivity contribution is 5.86. The lowest BCUT2D eigenvalue weighted by molar-refractivity contribution is 1.32. The Balaban J connectivity index is 0.000000131. The van der Waals surface area contributed by atoms with Crippen LogP contribution in [0, 0.1) is 20.8 Å². The van der Waals surface area contributed by atoms with Gasteiger partial charge in [-0.15, -0.1) is 0 Å². The van der Waals surface area contributed by atoms with E-state index in [0.29, 0.717) is 0 Å². The zero-order valence-corrected chi connectivity index (χ0v) is 32.6. The van der Waals surface area contributed by atoms with Crippen LogP contribution in [0.4, 0.5) is 0 Å². The lowest BCUT2D eigenvalue weighted by Gasteiger charge is -2.12. The smallest absolute Gasteiger partial charge is 0.0708 e. The number of hydrogen-bond acceptors (Lipinski definition) is 3. The highest BCUT2D eigenvalue weighted by Gasteiger charge is 2.11. The maximum Gasteiger partial charge on any atom is 0.0708 e. The van der Waals surface area contributed by atoms with Crippen LogP contribution in [0.15, 0.2) is 219 Å². The predicted octanol–water partition coefficient (Wildman–Crippen LogP) is 14.2. The summed E-state index contributed by atoms with van der Waals surface area (Å²) in [7, 11) is 0. The van der Waals surface area contributed by atoms with E-state index in [4.69, 9.17) is 0 Å². The van der Waals surface area contributed by atoms with Crippen molar-refractivity contribution < 1.29 is 0 Å². The van der Waals surface area contributed by atoms with Gasteiger partial charge in [-0.25, -0.2) is 0 Å². The number of aryl methyl sites for hydroxylation is 3. The first-order valence-corrected chi connectivity index (χ1v) is 19.3. The molecule has 3 heterocycles. The molecule has 57 heavy (non-hydrogen) atoms. The molecule has 0 saturated heterocycles. The molecule has 0 saturated carbocycles. The van der Waals surface area contributed by atoms with Gasteiger partial charge in [0.1, 0.15) is 0 Å². The summed E-state index contributed by atoms with van der Waals surface area (Å²) in [5, 5.41) is 0. The largest absolute Gasteiger partial charge is 0.265 e. The molecule has 0 unspecified atom stereocenters. The molecule has 9 rings (SSSR count). The second kappa shape index (κ2) is 18.9. The first-order chi connectivity index (χ1) is 28.1. The molecule has 9 aromatic rings. The summed E-state index contributed by atoms with van der Waals surface area (Å²) >= 11 is 0. The Labute approximate surface area is 337 Å². The molecule has 276 valence electrons. The van der Waals surface area contributed by atoms with E-state index >= 15 is 0 Å². The number of nitrogens with zero attached hydrogens (tertiary/aromatic N) is 3. The molecule has 6 aromatic carbocycles. The van der Waals surface area contributed by atoms with Crippen LogP contribution in [0.5, 0.6) is 0 Å². The SMILES string of the molecule is Cc1ccccc1-c1ccccc1-c1ccccn1.Cc1ccccc1-c1ccccc1-c1cccnc1.Cc1ccccc1-c1ccccc1-c1ccncc1. The average Bonchev–Trinajstić information content (AvgIpc) is 3.28. The molecule has 0 amide bonds. The third-order valence-corrected chi connectivity index (χ3v) is 9.99. The van der Waals surface area contributed by atoms with E-state index in [-0.39, 0.29) is 0 Å². The first kappa shape index (κ1) is 38.1. The third kappa shape index (κ3) is 9.36. The van der Waals surface area contributed by atoms with Crippen molar-refractivity contribution in [3.63, 3.8) is 0 Å². The van der Waals surface area contributed by atoms with Crippen LogP contribution < -0.4 is 0 Å². The van der Waals surface area contributed by atoms with Crippen LogP contribution in [-0.2, 0) is 0 Å². The van der Waals surface area contributed by atoms with Crippen LogP contribution in [-0.4, -0.2) is 15.0 Å². The van der Waals surface area contributed by atoms with Crippen LogP contribution in [0.1, 0.15) is 16.7 Å². The minimum Gasteiger partial charge on any atom is -0.265 e. The summed E-state index contributed by atoms with van der Waals surface area (Å²) in [6.45, 7) is 6.44. The normalized spacial score (nSPS) is 10.4. The van der Waals surface area contributed by atoms with Gasteiger partial charge in [-0.3, -0.25) is 15.0 Å². The highest BCUT2D eigenvalue weighted by atomic mass is 14.7. The monoisotopic (exact) mass is 735 g/mol. The molecule has 0 aliphatic heterocycles. The summed E-state index contributed by atoms with van der Waals surface area (Å²) in [6, 6.07) is 65.1. The fourth-order valence-corrected chi connectivity index (χ4v) is 7.08. The van der Waals surface area contributed by atoms with Gasteiger partial charge in [0, 0.05) is 42.1 Å². The van der Waals surface area contributed by atoms with Gasteiger partial charge in [0.05, 0.1) is 5.69 Å². The van der Waals surface area contributed by atoms with Crippen LogP contribution in [0.2, 0.25) is 0 Å². The van der Waals surface area contributed by atoms with E-state index in [1.807, 2.05) is 43.0 Å². The molecule has 3 aromatic heterocycles. The molecule has 0 aliphatic rings. The molecule has 0 N–H and O–H groups in total. The molecule has 0 bridgehead atoms. The Bertz CT molecular complexity index is 2360. The standard InChI is InChI=1S/3C18H15N/c1-14-8-2-3-9-15(14)16-10-4-5-11-17(16)18-12-6-7-13-19-18;1-14-7-2-3-9-16(14)18-11-5-4-10-17(18)15-8-6-12-19-13-15;1-14-6-2-3-7-16(14)18-9-5-4-8-17(18)15-10-12-19-13-11-15/h3*2-13H,1H3. The summed E-state index contributed by atoms with van der Waals surface area (Å²) in [6.07, 6.45) is 9.23. The maximum atomic E-state index is 4.46. The Kier molecular flexibility index (Phi) is 12.6. The van der Waals surface area contributed by atoms with Gasteiger partial charge < -0.3 is 0 Å². The Morgan fingerprint density at radius 2 is 0.667 bits per heavy atom. The van der Waals surface area contributed by atoms with E-state index < -0.39 is 0 Å². The topological polar surface area (TPSA) is 38.7 Å². The second-order valence-corrected chi connectivity index (χ2v) is 13.8. The summed E-state index contributed by atoms with van der Waals surface area (Å²) in [5.74, 6) is 0. The van der Waals surface area contributed by atoms with Gasteiger partial charge in [0.25, 0.3) is 0 Å². The molecule has 3 nitrogen and oxygen atoms in total. The van der Waals surface area contributed by atoms with Gasteiger partial charge in [-0.2, -0.15) is 0 Å². The maximum absolute atomic E-state index is 4.46. The predicted molar refractivity (Wildman–Crippen MR) is 240 cm³/mol. The number of aromatic nitrogens is 3. The van der Waals surface area contributed by atoms with Crippen LogP contribution in [0.25, 0.3) is 66.9 Å². The Morgan fingerprint density at radius 1 is 0.263 bits per heavy atom. The van der Waals surface area contributed by atoms with Gasteiger partial charge in [-0.1, -0.05) is 158 Å². The van der Waals surface area contributed by atoms with Crippen molar-refractivity contribution in [2.75, 3.05) is 0 Å². The second-order valence-electron chi connectivity index (χ2n) is 13.8. The minimum atomic E-state index is 1.02. The van der Waals surface area contributed by atoms with E-state index in [1.54, 1.807) is 6.20 Å². The summed E-state index contributed by atoms with van der Waals surface area (Å²) in [4.78, 5) is 12.8. The Hall–Kier alpha value is -7.23. The molecule has 3 heteroatoms. The van der Waals surface area contributed by atoms with E-state index in [2.05, 4.69) is 206 Å². The fraction of sp³-hybridized carbons (Fsp3) is 0.0556. The van der Waals surface area contributed by atoms with Crippen molar-refractivity contribution in [3.8, 4) is 66.9 Å². The van der Waals surface area contributed by atoms with E-state index in [1.165, 1.54) is 72.3 Å². The third-order valence-electron chi connectivity index (χ3n) is 9.99. The van der Waals surface area contributed by atoms with Crippen molar-refractivity contribution in [1.29, 1.82) is 0 Å². The van der Waals surface area contributed by atoms with Crippen molar-refractivity contribution in [2.45, 2.75) is 20.8 Å². The molecule has 0 atom stereocenters. The number of benzene rings is 6. The van der Waals surface area contributed by atoms with E-state index in [9.17, 15) is 0 Å². The number of pyridine rings is 3. The molecule has 0 aliphatic carbocycles. The summed E-state index contributed by atoms with van der Waals surface area (Å²) < 4.78 is 0. The first-order valence-electron chi connectivity index (χ1n) is 19.3. The van der Waals surface area contributed by atoms with Crippen LogP contribution in [0.3, 0.4) is 0 Å². The van der Waals surface area contributed by atoms with Gasteiger partial charge in [0.2, 0.25) is 0 Å². The zero-order valence-electron chi connectivity index (χ0n) is 32.6. The van der Waals surface area contributed by atoms with Crippen molar-refractivity contribution in [2.24, 2.45) is 0 Å². The lowest BCUT2D eigenvalue weighted by Crippen LogP contribution is -1.89. The molecular weight excluding hydrogens is 691 g/mol. The van der Waals surface area contributed by atoms with Gasteiger partial charge >= 0.3 is 0 Å². The van der Waals surface area contributed by atoms with Crippen molar-refractivity contribution in [3.05, 3.63) is 236 Å². The number of hydrogen-bond donors (Lipinski definition) is 0. The molecule has 0 radical (unpaired) electrons. The van der Waals surface area contributed by atoms with Gasteiger partial charge in [0.15, 0.2) is 0 Å². The minimum absolute atomic E-state index is 1.02. The van der Waals surface area contributed by atoms with Gasteiger partial charge in [-0.05, 0) is 118 Å². The fourth-order valence-electron chi connectivity index (χ4n) is 7.08. The van der Waals surface area contributed by atoms with Crippen LogP contribution >= 0.6 is 0 Å². The lowest BCUT2D eigenvalue weighted by atomic mass is 9.93. The quantitative estimate of drug-likeness (QED) is 0.171. The average molecular weight is 736 g/mol. The zero-order chi connectivity index (χ0) is 39.2. The van der Waals surface area contributed by atoms with Crippen molar-refractivity contribution in [1.82, 2.24) is 15.0 Å². The molecule has 0 fully saturated rings.